The van der Waals surface area contributed by atoms with Crippen LogP contribution in [-0.2, 0) is 9.47 Å². The summed E-state index contributed by atoms with van der Waals surface area (Å²) in [5.74, 6) is 0. The maximum atomic E-state index is 10.5. The summed E-state index contributed by atoms with van der Waals surface area (Å²) in [7, 11) is 0. The zero-order valence-corrected chi connectivity index (χ0v) is 10.6. The van der Waals surface area contributed by atoms with E-state index < -0.39 is 12.4 Å². The molecule has 5 unspecified atom stereocenters. The van der Waals surface area contributed by atoms with Gasteiger partial charge in [-0.2, -0.15) is 5.10 Å². The lowest BCUT2D eigenvalue weighted by Gasteiger charge is -2.39. The molecule has 0 spiro atoms. The first-order valence-electron chi connectivity index (χ1n) is 6.37. The van der Waals surface area contributed by atoms with Gasteiger partial charge in [0.15, 0.2) is 6.29 Å². The summed E-state index contributed by atoms with van der Waals surface area (Å²) < 4.78 is 13.1. The topological polar surface area (TPSA) is 68.5 Å². The van der Waals surface area contributed by atoms with Crippen molar-refractivity contribution in [2.75, 3.05) is 6.61 Å². The first kappa shape index (κ1) is 12.1. The van der Waals surface area contributed by atoms with Crippen molar-refractivity contribution < 1.29 is 14.6 Å². The molecule has 6 nitrogen and oxygen atoms in total. The van der Waals surface area contributed by atoms with Crippen LogP contribution in [0.25, 0.3) is 0 Å². The standard InChI is InChI=1S/C12H19N3O3/c1-7(2)14-9-8-6-17-12(18-8)10(11(9)16)15-5-3-4-13-15/h3-5,7-12,14,16H,6H2,1-2H3. The van der Waals surface area contributed by atoms with Crippen LogP contribution in [0.3, 0.4) is 0 Å². The second-order valence-electron chi connectivity index (χ2n) is 5.19. The van der Waals surface area contributed by atoms with Crippen LogP contribution in [0.4, 0.5) is 0 Å². The fraction of sp³-hybridized carbons (Fsp3) is 0.750. The van der Waals surface area contributed by atoms with E-state index in [1.807, 2.05) is 12.3 Å². The number of fused-ring (bicyclic) bond motifs is 2. The molecule has 6 heteroatoms. The third-order valence-electron chi connectivity index (χ3n) is 3.49. The molecule has 1 aromatic heterocycles. The van der Waals surface area contributed by atoms with E-state index in [1.165, 1.54) is 0 Å². The van der Waals surface area contributed by atoms with Crippen LogP contribution in [0.2, 0.25) is 0 Å². The molecule has 2 fully saturated rings. The van der Waals surface area contributed by atoms with Crippen molar-refractivity contribution in [1.82, 2.24) is 15.1 Å². The van der Waals surface area contributed by atoms with E-state index >= 15 is 0 Å². The van der Waals surface area contributed by atoms with Crippen LogP contribution in [0, 0.1) is 0 Å². The van der Waals surface area contributed by atoms with E-state index in [9.17, 15) is 5.11 Å². The SMILES string of the molecule is CC(C)NC1C2COC(O2)C(n2cccn2)C1O. The van der Waals surface area contributed by atoms with Gasteiger partial charge in [-0.25, -0.2) is 0 Å². The average Bonchev–Trinajstić information content (AvgIpc) is 2.95. The Morgan fingerprint density at radius 2 is 2.33 bits per heavy atom. The molecular weight excluding hydrogens is 234 g/mol. The summed E-state index contributed by atoms with van der Waals surface area (Å²) >= 11 is 0. The number of nitrogens with one attached hydrogen (secondary N) is 1. The molecule has 0 aromatic carbocycles. The van der Waals surface area contributed by atoms with Crippen LogP contribution >= 0.6 is 0 Å². The number of hydrogen-bond donors (Lipinski definition) is 2. The number of ether oxygens (including phenoxy) is 2. The van der Waals surface area contributed by atoms with Gasteiger partial charge in [0.05, 0.1) is 18.8 Å². The summed E-state index contributed by atoms with van der Waals surface area (Å²) in [6.45, 7) is 4.62. The van der Waals surface area contributed by atoms with Crippen LogP contribution in [0.5, 0.6) is 0 Å². The van der Waals surface area contributed by atoms with Crippen molar-refractivity contribution in [2.45, 2.75) is 50.5 Å². The summed E-state index contributed by atoms with van der Waals surface area (Å²) in [4.78, 5) is 0. The zero-order valence-electron chi connectivity index (χ0n) is 10.6. The molecule has 2 N–H and O–H groups in total. The van der Waals surface area contributed by atoms with Crippen LogP contribution in [0.15, 0.2) is 18.5 Å². The smallest absolute Gasteiger partial charge is 0.183 e. The molecule has 2 aliphatic rings. The van der Waals surface area contributed by atoms with Crippen molar-refractivity contribution in [3.63, 3.8) is 0 Å². The zero-order chi connectivity index (χ0) is 12.7. The molecule has 100 valence electrons. The Hall–Kier alpha value is -0.950. The molecule has 2 bridgehead atoms. The third-order valence-corrected chi connectivity index (χ3v) is 3.49. The highest BCUT2D eigenvalue weighted by Crippen LogP contribution is 2.35. The van der Waals surface area contributed by atoms with Gasteiger partial charge >= 0.3 is 0 Å². The lowest BCUT2D eigenvalue weighted by molar-refractivity contribution is -0.168. The quantitative estimate of drug-likeness (QED) is 0.788. The molecule has 2 saturated heterocycles. The molecule has 0 saturated carbocycles. The summed E-state index contributed by atoms with van der Waals surface area (Å²) in [6.07, 6.45) is 2.46. The van der Waals surface area contributed by atoms with Gasteiger partial charge in [0.25, 0.3) is 0 Å². The van der Waals surface area contributed by atoms with E-state index in [1.54, 1.807) is 10.9 Å². The Labute approximate surface area is 106 Å². The number of hydrogen-bond acceptors (Lipinski definition) is 5. The number of aliphatic hydroxyl groups is 1. The molecule has 3 rings (SSSR count). The average molecular weight is 253 g/mol. The van der Waals surface area contributed by atoms with E-state index in [0.717, 1.165) is 0 Å². The molecule has 3 heterocycles. The van der Waals surface area contributed by atoms with Crippen LogP contribution < -0.4 is 5.32 Å². The largest absolute Gasteiger partial charge is 0.389 e. The minimum absolute atomic E-state index is 0.0841. The van der Waals surface area contributed by atoms with Gasteiger partial charge in [-0.1, -0.05) is 13.8 Å². The van der Waals surface area contributed by atoms with Gasteiger partial charge in [0, 0.05) is 18.4 Å². The molecule has 0 aliphatic carbocycles. The highest BCUT2D eigenvalue weighted by Gasteiger charge is 2.51. The Morgan fingerprint density at radius 1 is 1.50 bits per heavy atom. The molecule has 0 radical (unpaired) electrons. The maximum absolute atomic E-state index is 10.5. The minimum atomic E-state index is -0.571. The van der Waals surface area contributed by atoms with E-state index in [4.69, 9.17) is 9.47 Å². The minimum Gasteiger partial charge on any atom is -0.389 e. The van der Waals surface area contributed by atoms with Crippen molar-refractivity contribution in [3.8, 4) is 0 Å². The molecule has 1 aromatic rings. The molecular formula is C12H19N3O3. The summed E-state index contributed by atoms with van der Waals surface area (Å²) in [5, 5.41) is 18.1. The third kappa shape index (κ3) is 1.95. The van der Waals surface area contributed by atoms with Crippen LogP contribution in [-0.4, -0.2) is 52.1 Å². The van der Waals surface area contributed by atoms with Gasteiger partial charge in [0.1, 0.15) is 12.1 Å². The van der Waals surface area contributed by atoms with Crippen molar-refractivity contribution in [3.05, 3.63) is 18.5 Å². The normalized spacial score (nSPS) is 39.4. The second-order valence-corrected chi connectivity index (χ2v) is 5.19. The van der Waals surface area contributed by atoms with Gasteiger partial charge in [0.2, 0.25) is 0 Å². The predicted octanol–water partition coefficient (Wildman–Crippen LogP) is -0.0932. The molecule has 5 atom stereocenters. The maximum Gasteiger partial charge on any atom is 0.183 e. The number of aliphatic hydroxyl groups excluding tert-OH is 1. The number of rotatable bonds is 3. The Bertz CT molecular complexity index is 395. The van der Waals surface area contributed by atoms with Gasteiger partial charge < -0.3 is 19.9 Å². The highest BCUT2D eigenvalue weighted by atomic mass is 16.7. The lowest BCUT2D eigenvalue weighted by Crippen LogP contribution is -2.59. The Kier molecular flexibility index (Phi) is 3.11. The highest BCUT2D eigenvalue weighted by molar-refractivity contribution is 5.00. The fourth-order valence-corrected chi connectivity index (χ4v) is 2.73. The molecule has 18 heavy (non-hydrogen) atoms. The first-order chi connectivity index (χ1) is 8.66. The number of nitrogens with zero attached hydrogens (tertiary/aromatic N) is 2. The summed E-state index contributed by atoms with van der Waals surface area (Å²) in [6, 6.07) is 1.69. The Morgan fingerprint density at radius 3 is 3.00 bits per heavy atom. The van der Waals surface area contributed by atoms with Gasteiger partial charge in [-0.3, -0.25) is 4.68 Å². The predicted molar refractivity (Wildman–Crippen MR) is 63.9 cm³/mol. The van der Waals surface area contributed by atoms with Crippen LogP contribution in [0.1, 0.15) is 19.9 Å². The lowest BCUT2D eigenvalue weighted by atomic mass is 9.95. The summed E-state index contributed by atoms with van der Waals surface area (Å²) in [5.41, 5.74) is 0. The Balaban J connectivity index is 1.86. The molecule has 0 amide bonds. The van der Waals surface area contributed by atoms with Crippen molar-refractivity contribution in [1.29, 1.82) is 0 Å². The first-order valence-corrected chi connectivity index (χ1v) is 6.37. The number of aromatic nitrogens is 2. The molecule has 2 aliphatic heterocycles. The fourth-order valence-electron chi connectivity index (χ4n) is 2.73. The van der Waals surface area contributed by atoms with E-state index in [-0.39, 0.29) is 24.2 Å². The van der Waals surface area contributed by atoms with Gasteiger partial charge in [-0.05, 0) is 6.07 Å². The van der Waals surface area contributed by atoms with Crippen molar-refractivity contribution >= 4 is 0 Å². The van der Waals surface area contributed by atoms with Gasteiger partial charge in [-0.15, -0.1) is 0 Å². The van der Waals surface area contributed by atoms with Crippen molar-refractivity contribution in [2.24, 2.45) is 0 Å². The monoisotopic (exact) mass is 253 g/mol. The van der Waals surface area contributed by atoms with E-state index in [2.05, 4.69) is 24.3 Å². The van der Waals surface area contributed by atoms with E-state index in [0.29, 0.717) is 6.61 Å². The second kappa shape index (κ2) is 4.62.